The third kappa shape index (κ3) is 5.54. The molecule has 3 N–H and O–H groups in total. The first-order valence-corrected chi connectivity index (χ1v) is 8.04. The number of carbonyl (C=O) groups excluding carboxylic acids is 1. The van der Waals surface area contributed by atoms with E-state index in [0.717, 1.165) is 13.0 Å². The van der Waals surface area contributed by atoms with Crippen LogP contribution in [0.4, 0.5) is 5.82 Å². The van der Waals surface area contributed by atoms with Gasteiger partial charge in [-0.25, -0.2) is 18.1 Å². The Morgan fingerprint density at radius 3 is 2.70 bits per heavy atom. The van der Waals surface area contributed by atoms with E-state index in [1.165, 1.54) is 7.05 Å². The summed E-state index contributed by atoms with van der Waals surface area (Å²) in [6.07, 6.45) is 0.958. The summed E-state index contributed by atoms with van der Waals surface area (Å²) in [7, 11) is -1.98. The molecule has 0 radical (unpaired) electrons. The zero-order valence-electron chi connectivity index (χ0n) is 11.6. The number of nitrogens with one attached hydrogen (secondary N) is 3. The molecule has 0 aliphatic carbocycles. The number of anilines is 1. The van der Waals surface area contributed by atoms with Crippen LogP contribution in [0.3, 0.4) is 0 Å². The standard InChI is InChI=1S/C12H20N4O3S/c1-3-7-14-11-6-4-5-10(16-11)12(17)15-8-9-20(18,19)13-2/h4-6,13H,3,7-9H2,1-2H3,(H,14,16)(H,15,17). The lowest BCUT2D eigenvalue weighted by Gasteiger charge is -2.07. The topological polar surface area (TPSA) is 100 Å². The van der Waals surface area contributed by atoms with Crippen molar-refractivity contribution in [3.8, 4) is 0 Å². The van der Waals surface area contributed by atoms with Crippen molar-refractivity contribution in [2.45, 2.75) is 13.3 Å². The number of hydrogen-bond acceptors (Lipinski definition) is 5. The van der Waals surface area contributed by atoms with Gasteiger partial charge in [0.15, 0.2) is 0 Å². The Morgan fingerprint density at radius 1 is 1.30 bits per heavy atom. The molecule has 1 heterocycles. The number of aromatic nitrogens is 1. The van der Waals surface area contributed by atoms with E-state index in [-0.39, 0.29) is 18.0 Å². The molecule has 0 saturated carbocycles. The molecule has 1 amide bonds. The van der Waals surface area contributed by atoms with E-state index in [2.05, 4.69) is 20.3 Å². The number of hydrogen-bond donors (Lipinski definition) is 3. The van der Waals surface area contributed by atoms with Gasteiger partial charge in [0.25, 0.3) is 5.91 Å². The van der Waals surface area contributed by atoms with Crippen molar-refractivity contribution in [3.63, 3.8) is 0 Å². The van der Waals surface area contributed by atoms with Gasteiger partial charge >= 0.3 is 0 Å². The third-order valence-electron chi connectivity index (χ3n) is 2.51. The number of pyridine rings is 1. The van der Waals surface area contributed by atoms with Crippen molar-refractivity contribution in [3.05, 3.63) is 23.9 Å². The number of rotatable bonds is 8. The normalized spacial score (nSPS) is 11.1. The number of carbonyl (C=O) groups is 1. The molecule has 1 aromatic heterocycles. The van der Waals surface area contributed by atoms with E-state index < -0.39 is 15.9 Å². The fraction of sp³-hybridized carbons (Fsp3) is 0.500. The second-order valence-electron chi connectivity index (χ2n) is 4.11. The van der Waals surface area contributed by atoms with Crippen LogP contribution >= 0.6 is 0 Å². The first-order valence-electron chi connectivity index (χ1n) is 6.39. The molecule has 8 heteroatoms. The molecule has 1 aromatic rings. The van der Waals surface area contributed by atoms with Crippen LogP contribution in [0.2, 0.25) is 0 Å². The number of nitrogens with zero attached hydrogens (tertiary/aromatic N) is 1. The van der Waals surface area contributed by atoms with Crippen LogP contribution in [-0.2, 0) is 10.0 Å². The van der Waals surface area contributed by atoms with E-state index in [0.29, 0.717) is 5.82 Å². The Bertz CT molecular complexity index is 545. The van der Waals surface area contributed by atoms with E-state index >= 15 is 0 Å². The lowest BCUT2D eigenvalue weighted by Crippen LogP contribution is -2.33. The van der Waals surface area contributed by atoms with Crippen LogP contribution in [0.15, 0.2) is 18.2 Å². The van der Waals surface area contributed by atoms with E-state index in [1.807, 2.05) is 6.92 Å². The summed E-state index contributed by atoms with van der Waals surface area (Å²) < 4.78 is 24.6. The molecule has 0 aromatic carbocycles. The highest BCUT2D eigenvalue weighted by atomic mass is 32.2. The Hall–Kier alpha value is -1.67. The molecule has 20 heavy (non-hydrogen) atoms. The highest BCUT2D eigenvalue weighted by molar-refractivity contribution is 7.89. The van der Waals surface area contributed by atoms with E-state index in [1.54, 1.807) is 18.2 Å². The zero-order chi connectivity index (χ0) is 15.0. The van der Waals surface area contributed by atoms with Crippen LogP contribution in [0.25, 0.3) is 0 Å². The molecule has 0 saturated heterocycles. The SMILES string of the molecule is CCCNc1cccc(C(=O)NCCS(=O)(=O)NC)n1. The van der Waals surface area contributed by atoms with Crippen LogP contribution in [0.1, 0.15) is 23.8 Å². The zero-order valence-corrected chi connectivity index (χ0v) is 12.5. The minimum Gasteiger partial charge on any atom is -0.370 e. The van der Waals surface area contributed by atoms with Crippen molar-refractivity contribution in [1.82, 2.24) is 15.0 Å². The fourth-order valence-corrected chi connectivity index (χ4v) is 1.98. The van der Waals surface area contributed by atoms with Gasteiger partial charge in [0.05, 0.1) is 5.75 Å². The minimum absolute atomic E-state index is 0.0380. The molecule has 0 fully saturated rings. The van der Waals surface area contributed by atoms with Gasteiger partial charge in [-0.05, 0) is 25.6 Å². The van der Waals surface area contributed by atoms with Gasteiger partial charge in [0, 0.05) is 13.1 Å². The highest BCUT2D eigenvalue weighted by Gasteiger charge is 2.10. The molecular formula is C12H20N4O3S. The Morgan fingerprint density at radius 2 is 2.05 bits per heavy atom. The summed E-state index contributed by atoms with van der Waals surface area (Å²) in [6.45, 7) is 2.85. The average molecular weight is 300 g/mol. The first-order chi connectivity index (χ1) is 9.48. The van der Waals surface area contributed by atoms with Crippen molar-refractivity contribution >= 4 is 21.7 Å². The number of sulfonamides is 1. The van der Waals surface area contributed by atoms with Gasteiger partial charge < -0.3 is 10.6 Å². The summed E-state index contributed by atoms with van der Waals surface area (Å²) in [6, 6.07) is 5.08. The van der Waals surface area contributed by atoms with Crippen molar-refractivity contribution in [2.24, 2.45) is 0 Å². The van der Waals surface area contributed by atoms with Gasteiger partial charge in [-0.3, -0.25) is 4.79 Å². The first kappa shape index (κ1) is 16.4. The molecular weight excluding hydrogens is 280 g/mol. The molecule has 0 aliphatic rings. The summed E-state index contributed by atoms with van der Waals surface area (Å²) in [5, 5.41) is 5.61. The second kappa shape index (κ2) is 7.81. The Kier molecular flexibility index (Phi) is 6.40. The van der Waals surface area contributed by atoms with Crippen LogP contribution in [0, 0.1) is 0 Å². The summed E-state index contributed by atoms with van der Waals surface area (Å²) in [5.74, 6) is 0.0713. The second-order valence-corrected chi connectivity index (χ2v) is 6.16. The highest BCUT2D eigenvalue weighted by Crippen LogP contribution is 2.04. The van der Waals surface area contributed by atoms with Gasteiger partial charge in [-0.2, -0.15) is 0 Å². The summed E-state index contributed by atoms with van der Waals surface area (Å²) in [5.41, 5.74) is 0.257. The predicted molar refractivity (Wildman–Crippen MR) is 78.2 cm³/mol. The molecule has 0 atom stereocenters. The Balaban J connectivity index is 2.55. The molecule has 0 aliphatic heterocycles. The maximum atomic E-state index is 11.8. The predicted octanol–water partition coefficient (Wildman–Crippen LogP) is 0.183. The molecule has 1 rings (SSSR count). The van der Waals surface area contributed by atoms with Gasteiger partial charge in [-0.15, -0.1) is 0 Å². The summed E-state index contributed by atoms with van der Waals surface area (Å²) in [4.78, 5) is 16.0. The average Bonchev–Trinajstić information content (AvgIpc) is 2.45. The van der Waals surface area contributed by atoms with Gasteiger partial charge in [0.2, 0.25) is 10.0 Å². The maximum Gasteiger partial charge on any atom is 0.269 e. The molecule has 0 unspecified atom stereocenters. The van der Waals surface area contributed by atoms with Crippen molar-refractivity contribution < 1.29 is 13.2 Å². The molecule has 0 spiro atoms. The smallest absolute Gasteiger partial charge is 0.269 e. The van der Waals surface area contributed by atoms with E-state index in [9.17, 15) is 13.2 Å². The molecule has 112 valence electrons. The van der Waals surface area contributed by atoms with Crippen molar-refractivity contribution in [2.75, 3.05) is 31.2 Å². The van der Waals surface area contributed by atoms with Gasteiger partial charge in [-0.1, -0.05) is 13.0 Å². The Labute approximate surface area is 119 Å². The van der Waals surface area contributed by atoms with Crippen LogP contribution in [-0.4, -0.2) is 45.2 Å². The lowest BCUT2D eigenvalue weighted by molar-refractivity contribution is 0.0951. The maximum absolute atomic E-state index is 11.8. The van der Waals surface area contributed by atoms with Crippen LogP contribution in [0.5, 0.6) is 0 Å². The largest absolute Gasteiger partial charge is 0.370 e. The van der Waals surface area contributed by atoms with Crippen LogP contribution < -0.4 is 15.4 Å². The summed E-state index contributed by atoms with van der Waals surface area (Å²) >= 11 is 0. The molecule has 7 nitrogen and oxygen atoms in total. The third-order valence-corrected chi connectivity index (χ3v) is 3.87. The number of amides is 1. The van der Waals surface area contributed by atoms with Gasteiger partial charge in [0.1, 0.15) is 11.5 Å². The fourth-order valence-electron chi connectivity index (χ4n) is 1.40. The minimum atomic E-state index is -3.31. The molecule has 0 bridgehead atoms. The van der Waals surface area contributed by atoms with E-state index in [4.69, 9.17) is 0 Å². The monoisotopic (exact) mass is 300 g/mol. The lowest BCUT2D eigenvalue weighted by atomic mass is 10.3. The quantitative estimate of drug-likeness (QED) is 0.636. The van der Waals surface area contributed by atoms with Crippen molar-refractivity contribution in [1.29, 1.82) is 0 Å².